The third-order valence-electron chi connectivity index (χ3n) is 1.67. The van der Waals surface area contributed by atoms with Crippen LogP contribution >= 0.6 is 0 Å². The van der Waals surface area contributed by atoms with Crippen LogP contribution in [0.15, 0.2) is 0 Å². The topological polar surface area (TPSA) is 61.3 Å². The molecule has 0 spiro atoms. The maximum atomic E-state index is 5.81. The van der Waals surface area contributed by atoms with Gasteiger partial charge < -0.3 is 16.2 Å². The van der Waals surface area contributed by atoms with Gasteiger partial charge in [0, 0.05) is 12.0 Å². The summed E-state index contributed by atoms with van der Waals surface area (Å²) < 4.78 is 5.11. The quantitative estimate of drug-likeness (QED) is 0.477. The Morgan fingerprint density at radius 2 is 2.33 bits per heavy atom. The van der Waals surface area contributed by atoms with Crippen molar-refractivity contribution in [1.82, 2.24) is 0 Å². The van der Waals surface area contributed by atoms with Crippen molar-refractivity contribution < 1.29 is 4.74 Å². The monoisotopic (exact) mass is 130 g/mol. The molecule has 4 N–H and O–H groups in total. The summed E-state index contributed by atoms with van der Waals surface area (Å²) in [5.41, 5.74) is 11.2. The Bertz CT molecular complexity index is 103. The Hall–Kier alpha value is -0.120. The normalized spacial score (nSPS) is 45.0. The summed E-state index contributed by atoms with van der Waals surface area (Å²) in [6.45, 7) is 2.71. The zero-order valence-electron chi connectivity index (χ0n) is 5.76. The van der Waals surface area contributed by atoms with E-state index in [0.29, 0.717) is 6.61 Å². The minimum absolute atomic E-state index is 0.0995. The van der Waals surface area contributed by atoms with Gasteiger partial charge in [-0.15, -0.1) is 0 Å². The van der Waals surface area contributed by atoms with Gasteiger partial charge in [-0.2, -0.15) is 0 Å². The lowest BCUT2D eigenvalue weighted by molar-refractivity contribution is -0.00972. The Kier molecular flexibility index (Phi) is 1.75. The summed E-state index contributed by atoms with van der Waals surface area (Å²) >= 11 is 0. The Balaban J connectivity index is 2.41. The highest BCUT2D eigenvalue weighted by Gasteiger charge is 2.26. The molecule has 0 amide bonds. The molecule has 9 heavy (non-hydrogen) atoms. The van der Waals surface area contributed by atoms with Gasteiger partial charge in [0.2, 0.25) is 0 Å². The second-order valence-corrected chi connectivity index (χ2v) is 3.02. The average Bonchev–Trinajstić information content (AvgIpc) is 1.60. The van der Waals surface area contributed by atoms with Gasteiger partial charge in [-0.05, 0) is 13.3 Å². The van der Waals surface area contributed by atoms with Gasteiger partial charge in [-0.25, -0.2) is 0 Å². The van der Waals surface area contributed by atoms with Crippen LogP contribution < -0.4 is 11.5 Å². The minimum atomic E-state index is -0.145. The van der Waals surface area contributed by atoms with Gasteiger partial charge in [-0.3, -0.25) is 0 Å². The molecule has 0 aliphatic carbocycles. The van der Waals surface area contributed by atoms with Crippen molar-refractivity contribution in [1.29, 1.82) is 0 Å². The van der Waals surface area contributed by atoms with Crippen molar-refractivity contribution in [3.05, 3.63) is 0 Å². The highest BCUT2D eigenvalue weighted by atomic mass is 16.5. The first kappa shape index (κ1) is 6.99. The first-order valence-corrected chi connectivity index (χ1v) is 3.26. The molecule has 1 fully saturated rings. The van der Waals surface area contributed by atoms with Crippen molar-refractivity contribution in [2.75, 3.05) is 6.61 Å². The van der Waals surface area contributed by atoms with Gasteiger partial charge in [0.25, 0.3) is 0 Å². The molecule has 0 aromatic carbocycles. The zero-order chi connectivity index (χ0) is 6.91. The molecule has 3 heteroatoms. The van der Waals surface area contributed by atoms with Crippen LogP contribution in [0, 0.1) is 0 Å². The Morgan fingerprint density at radius 3 is 2.67 bits per heavy atom. The van der Waals surface area contributed by atoms with E-state index in [0.717, 1.165) is 12.8 Å². The smallest absolute Gasteiger partial charge is 0.107 e. The van der Waals surface area contributed by atoms with Crippen molar-refractivity contribution in [3.8, 4) is 0 Å². The van der Waals surface area contributed by atoms with Gasteiger partial charge in [0.1, 0.15) is 6.23 Å². The predicted molar refractivity (Wildman–Crippen MR) is 35.8 cm³/mol. The Labute approximate surface area is 55.4 Å². The van der Waals surface area contributed by atoms with Gasteiger partial charge >= 0.3 is 0 Å². The van der Waals surface area contributed by atoms with E-state index in [1.54, 1.807) is 0 Å². The Morgan fingerprint density at radius 1 is 1.67 bits per heavy atom. The van der Waals surface area contributed by atoms with Crippen molar-refractivity contribution in [3.63, 3.8) is 0 Å². The summed E-state index contributed by atoms with van der Waals surface area (Å²) in [5, 5.41) is 0. The number of nitrogens with two attached hydrogens (primary N) is 2. The van der Waals surface area contributed by atoms with Crippen molar-refractivity contribution >= 4 is 0 Å². The predicted octanol–water partition coefficient (Wildman–Crippen LogP) is -0.201. The molecule has 1 saturated heterocycles. The minimum Gasteiger partial charge on any atom is -0.363 e. The highest BCUT2D eigenvalue weighted by molar-refractivity contribution is 4.83. The van der Waals surface area contributed by atoms with Crippen LogP contribution in [0.2, 0.25) is 0 Å². The van der Waals surface area contributed by atoms with Crippen LogP contribution in [0.25, 0.3) is 0 Å². The van der Waals surface area contributed by atoms with E-state index < -0.39 is 0 Å². The third-order valence-corrected chi connectivity index (χ3v) is 1.67. The molecule has 54 valence electrons. The second-order valence-electron chi connectivity index (χ2n) is 3.02. The lowest BCUT2D eigenvalue weighted by Crippen LogP contribution is -2.48. The van der Waals surface area contributed by atoms with E-state index in [1.165, 1.54) is 0 Å². The number of ether oxygens (including phenoxy) is 1. The molecule has 1 unspecified atom stereocenters. The molecule has 1 rings (SSSR count). The van der Waals surface area contributed by atoms with Crippen LogP contribution in [0.4, 0.5) is 0 Å². The van der Waals surface area contributed by atoms with Crippen molar-refractivity contribution in [2.45, 2.75) is 31.5 Å². The summed E-state index contributed by atoms with van der Waals surface area (Å²) in [4.78, 5) is 0. The summed E-state index contributed by atoms with van der Waals surface area (Å²) in [6, 6.07) is 0. The molecular formula is C6H14N2O. The maximum Gasteiger partial charge on any atom is 0.107 e. The molecule has 0 radical (unpaired) electrons. The fraction of sp³-hybridized carbons (Fsp3) is 1.00. The third kappa shape index (κ3) is 1.93. The van der Waals surface area contributed by atoms with Crippen molar-refractivity contribution in [2.24, 2.45) is 11.5 Å². The molecular weight excluding hydrogens is 116 g/mol. The van der Waals surface area contributed by atoms with Crippen LogP contribution in [-0.2, 0) is 4.74 Å². The molecule has 1 aliphatic heterocycles. The molecule has 0 bridgehead atoms. The second kappa shape index (κ2) is 2.25. The largest absolute Gasteiger partial charge is 0.363 e. The van der Waals surface area contributed by atoms with Gasteiger partial charge in [0.15, 0.2) is 0 Å². The molecule has 0 aromatic rings. The lowest BCUT2D eigenvalue weighted by Gasteiger charge is -2.32. The van der Waals surface area contributed by atoms with Crippen LogP contribution in [0.5, 0.6) is 0 Å². The number of hydrogen-bond donors (Lipinski definition) is 2. The first-order valence-electron chi connectivity index (χ1n) is 3.26. The van der Waals surface area contributed by atoms with E-state index in [4.69, 9.17) is 16.2 Å². The van der Waals surface area contributed by atoms with Crippen LogP contribution in [-0.4, -0.2) is 18.4 Å². The molecule has 1 aliphatic rings. The van der Waals surface area contributed by atoms with Crippen LogP contribution in [0.3, 0.4) is 0 Å². The van der Waals surface area contributed by atoms with Gasteiger partial charge in [0.05, 0.1) is 6.61 Å². The summed E-state index contributed by atoms with van der Waals surface area (Å²) in [5.74, 6) is 0. The fourth-order valence-corrected chi connectivity index (χ4v) is 1.06. The fourth-order valence-electron chi connectivity index (χ4n) is 1.06. The van der Waals surface area contributed by atoms with Gasteiger partial charge in [-0.1, -0.05) is 0 Å². The van der Waals surface area contributed by atoms with E-state index in [9.17, 15) is 0 Å². The molecule has 0 aromatic heterocycles. The maximum absolute atomic E-state index is 5.81. The molecule has 0 saturated carbocycles. The van der Waals surface area contributed by atoms with E-state index in [-0.39, 0.29) is 11.8 Å². The number of rotatable bonds is 0. The molecule has 2 atom stereocenters. The molecule has 1 heterocycles. The van der Waals surface area contributed by atoms with Crippen LogP contribution in [0.1, 0.15) is 19.8 Å². The first-order chi connectivity index (χ1) is 4.10. The summed E-state index contributed by atoms with van der Waals surface area (Å²) in [6.07, 6.45) is 1.54. The average molecular weight is 130 g/mol. The summed E-state index contributed by atoms with van der Waals surface area (Å²) in [7, 11) is 0. The number of hydrogen-bond acceptors (Lipinski definition) is 3. The zero-order valence-corrected chi connectivity index (χ0v) is 5.76. The molecule has 3 nitrogen and oxygen atoms in total. The van der Waals surface area contributed by atoms with E-state index in [2.05, 4.69) is 0 Å². The lowest BCUT2D eigenvalue weighted by atomic mass is 9.93. The van der Waals surface area contributed by atoms with E-state index in [1.807, 2.05) is 6.92 Å². The SMILES string of the molecule is CC1(N)CCO[C@@H](N)C1. The van der Waals surface area contributed by atoms with E-state index >= 15 is 0 Å². The highest BCUT2D eigenvalue weighted by Crippen LogP contribution is 2.18. The standard InChI is InChI=1S/C6H14N2O/c1-6(8)2-3-9-5(7)4-6/h5H,2-4,7-8H2,1H3/t5-,6?/m1/s1.